The third-order valence-corrected chi connectivity index (χ3v) is 5.60. The monoisotopic (exact) mass is 462 g/mol. The fourth-order valence-corrected chi connectivity index (χ4v) is 3.84. The van der Waals surface area contributed by atoms with Gasteiger partial charge in [0, 0.05) is 6.54 Å². The van der Waals surface area contributed by atoms with Crippen LogP contribution in [0.25, 0.3) is 11.4 Å². The second-order valence-corrected chi connectivity index (χ2v) is 8.01. The number of nitrogens with zero attached hydrogens (tertiary/aromatic N) is 3. The van der Waals surface area contributed by atoms with Crippen molar-refractivity contribution in [3.05, 3.63) is 66.7 Å². The van der Waals surface area contributed by atoms with Crippen LogP contribution in [0, 0.1) is 0 Å². The van der Waals surface area contributed by atoms with Gasteiger partial charge in [0.2, 0.25) is 5.91 Å². The quantitative estimate of drug-likeness (QED) is 0.365. The molecule has 2 aromatic carbocycles. The van der Waals surface area contributed by atoms with Crippen molar-refractivity contribution in [3.63, 3.8) is 0 Å². The first-order valence-corrected chi connectivity index (χ1v) is 10.5. The highest BCUT2D eigenvalue weighted by atomic mass is 32.2. The van der Waals surface area contributed by atoms with E-state index in [4.69, 9.17) is 4.74 Å². The Morgan fingerprint density at radius 1 is 1.22 bits per heavy atom. The van der Waals surface area contributed by atoms with Gasteiger partial charge in [-0.25, -0.2) is 0 Å². The third kappa shape index (κ3) is 5.13. The van der Waals surface area contributed by atoms with Gasteiger partial charge in [0.25, 0.3) is 0 Å². The van der Waals surface area contributed by atoms with E-state index in [-0.39, 0.29) is 5.69 Å². The maximum atomic E-state index is 13.2. The molecule has 0 aliphatic heterocycles. The Morgan fingerprint density at radius 2 is 1.91 bits per heavy atom. The maximum Gasteiger partial charge on any atom is 0.418 e. The molecule has 0 radical (unpaired) electrons. The van der Waals surface area contributed by atoms with Gasteiger partial charge in [-0.3, -0.25) is 9.36 Å². The first-order chi connectivity index (χ1) is 15.3. The van der Waals surface area contributed by atoms with Crippen LogP contribution < -0.4 is 10.1 Å². The summed E-state index contributed by atoms with van der Waals surface area (Å²) >= 11 is 1.09. The molecule has 1 heterocycles. The topological polar surface area (TPSA) is 69.0 Å². The Kier molecular flexibility index (Phi) is 7.24. The Balaban J connectivity index is 1.84. The number of hydrogen-bond acceptors (Lipinski definition) is 5. The average Bonchev–Trinajstić information content (AvgIpc) is 3.15. The van der Waals surface area contributed by atoms with Crippen molar-refractivity contribution in [1.29, 1.82) is 0 Å². The van der Waals surface area contributed by atoms with E-state index in [9.17, 15) is 18.0 Å². The van der Waals surface area contributed by atoms with Crippen LogP contribution in [0.1, 0.15) is 12.5 Å². The summed E-state index contributed by atoms with van der Waals surface area (Å²) < 4.78 is 46.8. The maximum absolute atomic E-state index is 13.2. The summed E-state index contributed by atoms with van der Waals surface area (Å²) in [7, 11) is 1.55. The molecular formula is C22H21F3N4O2S. The van der Waals surface area contributed by atoms with Gasteiger partial charge in [-0.2, -0.15) is 13.2 Å². The number of alkyl halides is 3. The van der Waals surface area contributed by atoms with Crippen LogP contribution in [0.15, 0.2) is 66.3 Å². The molecule has 3 rings (SSSR count). The molecular weight excluding hydrogens is 441 g/mol. The number of methoxy groups -OCH3 is 1. The van der Waals surface area contributed by atoms with Crippen LogP contribution >= 0.6 is 11.8 Å². The lowest BCUT2D eigenvalue weighted by molar-refractivity contribution is -0.137. The minimum Gasteiger partial charge on any atom is -0.496 e. The largest absolute Gasteiger partial charge is 0.496 e. The predicted octanol–water partition coefficient (Wildman–Crippen LogP) is 5.28. The van der Waals surface area contributed by atoms with Crippen LogP contribution in [0.3, 0.4) is 0 Å². The average molecular weight is 462 g/mol. The number of aromatic nitrogens is 3. The first-order valence-electron chi connectivity index (χ1n) is 9.57. The van der Waals surface area contributed by atoms with Crippen molar-refractivity contribution in [1.82, 2.24) is 14.8 Å². The molecule has 0 saturated heterocycles. The smallest absolute Gasteiger partial charge is 0.418 e. The molecule has 3 aromatic rings. The fourth-order valence-electron chi connectivity index (χ4n) is 2.98. The van der Waals surface area contributed by atoms with Crippen molar-refractivity contribution in [2.24, 2.45) is 0 Å². The van der Waals surface area contributed by atoms with E-state index in [1.54, 1.807) is 30.7 Å². The van der Waals surface area contributed by atoms with E-state index in [0.29, 0.717) is 28.8 Å². The SMILES string of the molecule is C=CCn1c(SC(C)C(=O)Nc2ccccc2C(F)(F)F)nnc1-c1ccccc1OC. The van der Waals surface area contributed by atoms with Gasteiger partial charge in [-0.1, -0.05) is 42.1 Å². The van der Waals surface area contributed by atoms with E-state index < -0.39 is 22.9 Å². The van der Waals surface area contributed by atoms with E-state index in [1.165, 1.54) is 18.2 Å². The number of carbonyl (C=O) groups is 1. The van der Waals surface area contributed by atoms with Crippen molar-refractivity contribution in [3.8, 4) is 17.1 Å². The van der Waals surface area contributed by atoms with Crippen LogP contribution in [0.5, 0.6) is 5.75 Å². The van der Waals surface area contributed by atoms with Crippen LogP contribution in [0.2, 0.25) is 0 Å². The molecule has 0 bridgehead atoms. The summed E-state index contributed by atoms with van der Waals surface area (Å²) in [5.74, 6) is 0.551. The van der Waals surface area contributed by atoms with Gasteiger partial charge >= 0.3 is 6.18 Å². The normalized spacial score (nSPS) is 12.3. The lowest BCUT2D eigenvalue weighted by atomic mass is 10.1. The minimum atomic E-state index is -4.58. The number of benzene rings is 2. The zero-order valence-corrected chi connectivity index (χ0v) is 18.2. The first kappa shape index (κ1) is 23.4. The highest BCUT2D eigenvalue weighted by Crippen LogP contribution is 2.35. The summed E-state index contributed by atoms with van der Waals surface area (Å²) in [5.41, 5.74) is -0.481. The molecule has 0 spiro atoms. The Hall–Kier alpha value is -3.27. The molecule has 0 saturated carbocycles. The third-order valence-electron chi connectivity index (χ3n) is 4.52. The summed E-state index contributed by atoms with van der Waals surface area (Å²) in [6, 6.07) is 12.1. The zero-order chi connectivity index (χ0) is 23.3. The highest BCUT2D eigenvalue weighted by molar-refractivity contribution is 8.00. The number of ether oxygens (including phenoxy) is 1. The van der Waals surface area contributed by atoms with Crippen LogP contribution in [0.4, 0.5) is 18.9 Å². The Bertz CT molecular complexity index is 1110. The minimum absolute atomic E-state index is 0.292. The van der Waals surface area contributed by atoms with Crippen molar-refractivity contribution in [2.75, 3.05) is 12.4 Å². The molecule has 1 N–H and O–H groups in total. The van der Waals surface area contributed by atoms with E-state index in [2.05, 4.69) is 22.1 Å². The molecule has 168 valence electrons. The molecule has 1 amide bonds. The van der Waals surface area contributed by atoms with Gasteiger partial charge < -0.3 is 10.1 Å². The van der Waals surface area contributed by atoms with Gasteiger partial charge in [0.15, 0.2) is 11.0 Å². The molecule has 0 aliphatic rings. The molecule has 6 nitrogen and oxygen atoms in total. The number of carbonyl (C=O) groups excluding carboxylic acids is 1. The van der Waals surface area contributed by atoms with Crippen LogP contribution in [-0.2, 0) is 17.5 Å². The van der Waals surface area contributed by atoms with Gasteiger partial charge in [0.1, 0.15) is 5.75 Å². The second kappa shape index (κ2) is 9.90. The van der Waals surface area contributed by atoms with Gasteiger partial charge in [0.05, 0.1) is 29.2 Å². The van der Waals surface area contributed by atoms with Gasteiger partial charge in [-0.05, 0) is 31.2 Å². The standard InChI is InChI=1S/C22H21F3N4O2S/c1-4-13-29-19(15-9-5-8-12-18(15)31-3)27-28-21(29)32-14(2)20(30)26-17-11-7-6-10-16(17)22(23,24)25/h4-12,14H,1,13H2,2-3H3,(H,26,30). The van der Waals surface area contributed by atoms with Gasteiger partial charge in [-0.15, -0.1) is 16.8 Å². The number of amides is 1. The predicted molar refractivity (Wildman–Crippen MR) is 118 cm³/mol. The molecule has 0 fully saturated rings. The number of anilines is 1. The second-order valence-electron chi connectivity index (χ2n) is 6.70. The van der Waals surface area contributed by atoms with E-state index in [1.807, 2.05) is 18.2 Å². The molecule has 32 heavy (non-hydrogen) atoms. The molecule has 0 aliphatic carbocycles. The Morgan fingerprint density at radius 3 is 2.59 bits per heavy atom. The summed E-state index contributed by atoms with van der Waals surface area (Å²) in [6.45, 7) is 5.71. The lowest BCUT2D eigenvalue weighted by Crippen LogP contribution is -2.24. The molecule has 1 aromatic heterocycles. The van der Waals surface area contributed by atoms with E-state index >= 15 is 0 Å². The number of thioether (sulfide) groups is 1. The molecule has 1 atom stereocenters. The number of hydrogen-bond donors (Lipinski definition) is 1. The molecule has 1 unspecified atom stereocenters. The Labute approximate surface area is 187 Å². The summed E-state index contributed by atoms with van der Waals surface area (Å²) in [5, 5.41) is 10.5. The summed E-state index contributed by atoms with van der Waals surface area (Å²) in [6.07, 6.45) is -2.91. The fraction of sp³-hybridized carbons (Fsp3) is 0.227. The van der Waals surface area contributed by atoms with Crippen molar-refractivity contribution >= 4 is 23.4 Å². The van der Waals surface area contributed by atoms with Crippen molar-refractivity contribution in [2.45, 2.75) is 30.1 Å². The summed E-state index contributed by atoms with van der Waals surface area (Å²) in [4.78, 5) is 12.6. The number of halogens is 3. The lowest BCUT2D eigenvalue weighted by Gasteiger charge is -2.16. The highest BCUT2D eigenvalue weighted by Gasteiger charge is 2.34. The molecule has 10 heteroatoms. The number of nitrogens with one attached hydrogen (secondary N) is 1. The zero-order valence-electron chi connectivity index (χ0n) is 17.4. The number of para-hydroxylation sites is 2. The number of allylic oxidation sites excluding steroid dienone is 1. The van der Waals surface area contributed by atoms with Crippen LogP contribution in [-0.4, -0.2) is 33.0 Å². The number of rotatable bonds is 8. The van der Waals surface area contributed by atoms with Crippen molar-refractivity contribution < 1.29 is 22.7 Å². The van der Waals surface area contributed by atoms with E-state index in [0.717, 1.165) is 17.8 Å².